The van der Waals surface area contributed by atoms with Gasteiger partial charge in [-0.2, -0.15) is 0 Å². The molecule has 1 N–H and O–H groups in total. The summed E-state index contributed by atoms with van der Waals surface area (Å²) in [6.45, 7) is 0. The van der Waals surface area contributed by atoms with Crippen LogP contribution in [0.25, 0.3) is 5.69 Å². The number of ether oxygens (including phenoxy) is 1. The van der Waals surface area contributed by atoms with E-state index in [4.69, 9.17) is 17.0 Å². The number of carbonyl (C=O) groups excluding carboxylic acids is 1. The fraction of sp³-hybridized carbons (Fsp3) is 0.190. The summed E-state index contributed by atoms with van der Waals surface area (Å²) in [5, 5.41) is 4.06. The molecule has 28 heavy (non-hydrogen) atoms. The minimum atomic E-state index is -0.359. The van der Waals surface area contributed by atoms with Gasteiger partial charge >= 0.3 is 5.97 Å². The lowest BCUT2D eigenvalue weighted by Gasteiger charge is -2.25. The summed E-state index contributed by atoms with van der Waals surface area (Å²) in [7, 11) is 3.36. The Bertz CT molecular complexity index is 1020. The van der Waals surface area contributed by atoms with Crippen LogP contribution in [0.5, 0.6) is 0 Å². The van der Waals surface area contributed by atoms with Crippen LogP contribution in [-0.4, -0.2) is 39.7 Å². The molecule has 0 aliphatic carbocycles. The number of methoxy groups -OCH3 is 1. The van der Waals surface area contributed by atoms with E-state index in [0.717, 1.165) is 17.1 Å². The Morgan fingerprint density at radius 2 is 2.04 bits per heavy atom. The van der Waals surface area contributed by atoms with Crippen molar-refractivity contribution < 1.29 is 9.53 Å². The third kappa shape index (κ3) is 3.14. The van der Waals surface area contributed by atoms with Crippen LogP contribution in [0.4, 0.5) is 0 Å². The quantitative estimate of drug-likeness (QED) is 0.543. The number of thiocarbonyl (C=S) groups is 1. The topological polar surface area (TPSA) is 59.4 Å². The lowest BCUT2D eigenvalue weighted by molar-refractivity contribution is 0.0600. The lowest BCUT2D eigenvalue weighted by atomic mass is 10.0. The van der Waals surface area contributed by atoms with Gasteiger partial charge in [-0.1, -0.05) is 12.1 Å². The average molecular weight is 392 g/mol. The van der Waals surface area contributed by atoms with Crippen molar-refractivity contribution in [2.24, 2.45) is 0 Å². The first-order valence-corrected chi connectivity index (χ1v) is 9.31. The second kappa shape index (κ2) is 7.44. The molecule has 1 aliphatic rings. The number of rotatable bonds is 4. The smallest absolute Gasteiger partial charge is 0.337 e. The molecule has 0 amide bonds. The van der Waals surface area contributed by atoms with Crippen molar-refractivity contribution in [2.75, 3.05) is 14.2 Å². The van der Waals surface area contributed by atoms with Gasteiger partial charge in [0.1, 0.15) is 0 Å². The summed E-state index contributed by atoms with van der Waals surface area (Å²) < 4.78 is 6.92. The number of carbonyl (C=O) groups is 1. The summed E-state index contributed by atoms with van der Waals surface area (Å²) in [5.74, 6) is -0.359. The zero-order valence-corrected chi connectivity index (χ0v) is 16.4. The van der Waals surface area contributed by atoms with E-state index in [-0.39, 0.29) is 18.1 Å². The van der Waals surface area contributed by atoms with Gasteiger partial charge in [0.2, 0.25) is 0 Å². The molecule has 6 nitrogen and oxygen atoms in total. The SMILES string of the molecule is COC(=O)c1cccc(-n2cccc2C2C(c3ccccn3)NC(=S)N2C)c1. The Morgan fingerprint density at radius 3 is 2.79 bits per heavy atom. The van der Waals surface area contributed by atoms with Gasteiger partial charge in [0.05, 0.1) is 30.5 Å². The normalized spacial score (nSPS) is 18.8. The minimum absolute atomic E-state index is 0.0424. The maximum absolute atomic E-state index is 11.9. The average Bonchev–Trinajstić information content (AvgIpc) is 3.33. The van der Waals surface area contributed by atoms with Crippen LogP contribution >= 0.6 is 12.2 Å². The van der Waals surface area contributed by atoms with Crippen molar-refractivity contribution >= 4 is 23.3 Å². The number of nitrogens with zero attached hydrogens (tertiary/aromatic N) is 3. The molecule has 3 heterocycles. The zero-order valence-electron chi connectivity index (χ0n) is 15.6. The van der Waals surface area contributed by atoms with E-state index in [2.05, 4.69) is 20.9 Å². The molecule has 2 aromatic heterocycles. The Morgan fingerprint density at radius 1 is 1.18 bits per heavy atom. The third-order valence-corrected chi connectivity index (χ3v) is 5.37. The van der Waals surface area contributed by atoms with E-state index in [1.807, 2.05) is 60.6 Å². The fourth-order valence-corrected chi connectivity index (χ4v) is 3.84. The highest BCUT2D eigenvalue weighted by molar-refractivity contribution is 7.80. The first-order valence-electron chi connectivity index (χ1n) is 8.90. The van der Waals surface area contributed by atoms with Crippen LogP contribution in [0.15, 0.2) is 67.0 Å². The summed E-state index contributed by atoms with van der Waals surface area (Å²) >= 11 is 5.52. The van der Waals surface area contributed by atoms with Crippen LogP contribution in [0, 0.1) is 0 Å². The maximum atomic E-state index is 11.9. The van der Waals surface area contributed by atoms with Gasteiger partial charge in [-0.25, -0.2) is 4.79 Å². The van der Waals surface area contributed by atoms with Crippen LogP contribution in [0.2, 0.25) is 0 Å². The van der Waals surface area contributed by atoms with E-state index in [0.29, 0.717) is 10.7 Å². The number of likely N-dealkylation sites (N-methyl/N-ethyl adjacent to an activating group) is 1. The molecule has 4 rings (SSSR count). The number of pyridine rings is 1. The lowest BCUT2D eigenvalue weighted by Crippen LogP contribution is -2.25. The molecule has 7 heteroatoms. The Kier molecular flexibility index (Phi) is 4.83. The summed E-state index contributed by atoms with van der Waals surface area (Å²) in [4.78, 5) is 18.5. The number of nitrogens with one attached hydrogen (secondary N) is 1. The number of hydrogen-bond donors (Lipinski definition) is 1. The number of hydrogen-bond acceptors (Lipinski definition) is 4. The molecule has 1 fully saturated rings. The van der Waals surface area contributed by atoms with Crippen molar-refractivity contribution in [2.45, 2.75) is 12.1 Å². The highest BCUT2D eigenvalue weighted by Crippen LogP contribution is 2.38. The van der Waals surface area contributed by atoms with E-state index < -0.39 is 0 Å². The van der Waals surface area contributed by atoms with Crippen molar-refractivity contribution in [1.82, 2.24) is 19.8 Å². The summed E-state index contributed by atoms with van der Waals surface area (Å²) in [6, 6.07) is 17.2. The summed E-state index contributed by atoms with van der Waals surface area (Å²) in [5.41, 5.74) is 3.37. The van der Waals surface area contributed by atoms with Gasteiger partial charge in [0.25, 0.3) is 0 Å². The van der Waals surface area contributed by atoms with Crippen LogP contribution < -0.4 is 5.32 Å². The molecule has 2 atom stereocenters. The van der Waals surface area contributed by atoms with E-state index in [1.165, 1.54) is 7.11 Å². The van der Waals surface area contributed by atoms with Crippen LogP contribution in [0.3, 0.4) is 0 Å². The van der Waals surface area contributed by atoms with Crippen molar-refractivity contribution in [3.8, 4) is 5.69 Å². The Balaban J connectivity index is 1.77. The fourth-order valence-electron chi connectivity index (χ4n) is 3.60. The molecule has 0 radical (unpaired) electrons. The Hall–Kier alpha value is -3.19. The van der Waals surface area contributed by atoms with Gasteiger partial charge < -0.3 is 19.5 Å². The highest BCUT2D eigenvalue weighted by atomic mass is 32.1. The molecule has 2 unspecified atom stereocenters. The van der Waals surface area contributed by atoms with Gasteiger partial charge in [-0.15, -0.1) is 0 Å². The second-order valence-electron chi connectivity index (χ2n) is 6.58. The largest absolute Gasteiger partial charge is 0.465 e. The second-order valence-corrected chi connectivity index (χ2v) is 6.97. The maximum Gasteiger partial charge on any atom is 0.337 e. The molecule has 0 saturated carbocycles. The molecule has 1 saturated heterocycles. The molecular formula is C21H20N4O2S. The zero-order chi connectivity index (χ0) is 19.7. The van der Waals surface area contributed by atoms with Crippen LogP contribution in [0.1, 0.15) is 33.8 Å². The number of esters is 1. The molecule has 1 aliphatic heterocycles. The molecule has 1 aromatic carbocycles. The molecule has 0 bridgehead atoms. The molecule has 142 valence electrons. The van der Waals surface area contributed by atoms with Crippen LogP contribution in [-0.2, 0) is 4.74 Å². The standard InChI is InChI=1S/C21H20N4O2S/c1-24-19(18(23-21(24)28)16-9-3-4-11-22-16)17-10-6-12-25(17)15-8-5-7-14(13-15)20(26)27-2/h3-13,18-19H,1-2H3,(H,23,28). The first-order chi connectivity index (χ1) is 13.6. The van der Waals surface area contributed by atoms with Crippen molar-refractivity contribution in [3.63, 3.8) is 0 Å². The predicted octanol–water partition coefficient (Wildman–Crippen LogP) is 3.26. The van der Waals surface area contributed by atoms with Gasteiger partial charge in [0, 0.05) is 30.8 Å². The van der Waals surface area contributed by atoms with Gasteiger partial charge in [-0.05, 0) is 54.7 Å². The van der Waals surface area contributed by atoms with E-state index in [9.17, 15) is 4.79 Å². The van der Waals surface area contributed by atoms with Crippen molar-refractivity contribution in [3.05, 3.63) is 83.9 Å². The van der Waals surface area contributed by atoms with Gasteiger partial charge in [-0.3, -0.25) is 4.98 Å². The van der Waals surface area contributed by atoms with Gasteiger partial charge in [0.15, 0.2) is 5.11 Å². The molecule has 3 aromatic rings. The molecule has 0 spiro atoms. The third-order valence-electron chi connectivity index (χ3n) is 4.97. The first kappa shape index (κ1) is 18.2. The predicted molar refractivity (Wildman–Crippen MR) is 110 cm³/mol. The van der Waals surface area contributed by atoms with Crippen molar-refractivity contribution in [1.29, 1.82) is 0 Å². The van der Waals surface area contributed by atoms with E-state index in [1.54, 1.807) is 12.3 Å². The summed E-state index contributed by atoms with van der Waals surface area (Å²) in [6.07, 6.45) is 3.77. The number of aromatic nitrogens is 2. The molecular weight excluding hydrogens is 372 g/mol. The highest BCUT2D eigenvalue weighted by Gasteiger charge is 2.39. The van der Waals surface area contributed by atoms with E-state index >= 15 is 0 Å². The number of benzene rings is 1. The minimum Gasteiger partial charge on any atom is -0.465 e. The Labute approximate surface area is 168 Å². The monoisotopic (exact) mass is 392 g/mol.